The lowest BCUT2D eigenvalue weighted by atomic mass is 9.98. The molecule has 2 heterocycles. The summed E-state index contributed by atoms with van der Waals surface area (Å²) in [5.41, 5.74) is 3.21. The second kappa shape index (κ2) is 8.81. The fraction of sp³-hybridized carbons (Fsp3) is 0.174. The van der Waals surface area contributed by atoms with E-state index >= 15 is 0 Å². The van der Waals surface area contributed by atoms with E-state index in [4.69, 9.17) is 4.74 Å². The smallest absolute Gasteiger partial charge is 0.464 e. The van der Waals surface area contributed by atoms with Crippen LogP contribution in [-0.2, 0) is 16.0 Å². The number of halogens is 3. The molecule has 0 saturated heterocycles. The quantitative estimate of drug-likeness (QED) is 0.587. The average molecular weight is 457 g/mol. The molecule has 0 bridgehead atoms. The van der Waals surface area contributed by atoms with E-state index in [2.05, 4.69) is 20.4 Å². The second-order valence-corrected chi connectivity index (χ2v) is 7.28. The van der Waals surface area contributed by atoms with E-state index < -0.39 is 24.1 Å². The molecule has 3 aromatic rings. The summed E-state index contributed by atoms with van der Waals surface area (Å²) in [6.45, 7) is 1.42. The molecule has 170 valence electrons. The van der Waals surface area contributed by atoms with Crippen LogP contribution in [0, 0.1) is 0 Å². The SMILES string of the molecule is CC(=O)Nc1ccc(-c2ccnc3c2CC(C(=O)Nc2cccc(OC(F)(F)F)c2)O3)cc1. The summed E-state index contributed by atoms with van der Waals surface area (Å²) in [6, 6.07) is 14.0. The van der Waals surface area contributed by atoms with E-state index in [0.717, 1.165) is 28.8 Å². The molecule has 33 heavy (non-hydrogen) atoms. The van der Waals surface area contributed by atoms with Gasteiger partial charge < -0.3 is 20.1 Å². The molecule has 0 saturated carbocycles. The largest absolute Gasteiger partial charge is 0.573 e. The number of anilines is 2. The van der Waals surface area contributed by atoms with Crippen molar-refractivity contribution in [2.24, 2.45) is 0 Å². The highest BCUT2D eigenvalue weighted by atomic mass is 19.4. The molecule has 4 rings (SSSR count). The van der Waals surface area contributed by atoms with Gasteiger partial charge in [0.1, 0.15) is 5.75 Å². The van der Waals surface area contributed by atoms with Gasteiger partial charge in [-0.05, 0) is 41.5 Å². The number of ether oxygens (including phenoxy) is 2. The fourth-order valence-corrected chi connectivity index (χ4v) is 3.48. The summed E-state index contributed by atoms with van der Waals surface area (Å²) in [5, 5.41) is 5.25. The van der Waals surface area contributed by atoms with E-state index in [1.54, 1.807) is 24.4 Å². The molecule has 0 spiro atoms. The van der Waals surface area contributed by atoms with Crippen LogP contribution >= 0.6 is 0 Å². The molecule has 1 aromatic heterocycles. The lowest BCUT2D eigenvalue weighted by Gasteiger charge is -2.13. The molecule has 2 amide bonds. The topological polar surface area (TPSA) is 89.6 Å². The van der Waals surface area contributed by atoms with Crippen LogP contribution < -0.4 is 20.1 Å². The number of nitrogens with zero attached hydrogens (tertiary/aromatic N) is 1. The van der Waals surface area contributed by atoms with Crippen molar-refractivity contribution in [3.63, 3.8) is 0 Å². The third-order valence-corrected chi connectivity index (χ3v) is 4.80. The lowest BCUT2D eigenvalue weighted by Crippen LogP contribution is -2.31. The van der Waals surface area contributed by atoms with Crippen molar-refractivity contribution in [2.75, 3.05) is 10.6 Å². The zero-order valence-electron chi connectivity index (χ0n) is 17.3. The number of amides is 2. The number of hydrogen-bond acceptors (Lipinski definition) is 5. The van der Waals surface area contributed by atoms with Crippen LogP contribution in [0.1, 0.15) is 12.5 Å². The molecule has 0 radical (unpaired) electrons. The molecule has 10 heteroatoms. The number of fused-ring (bicyclic) bond motifs is 1. The molecule has 7 nitrogen and oxygen atoms in total. The van der Waals surface area contributed by atoms with Gasteiger partial charge in [-0.15, -0.1) is 13.2 Å². The summed E-state index contributed by atoms with van der Waals surface area (Å²) >= 11 is 0. The average Bonchev–Trinajstić information content (AvgIpc) is 3.18. The minimum atomic E-state index is -4.83. The number of benzene rings is 2. The van der Waals surface area contributed by atoms with Crippen LogP contribution in [0.3, 0.4) is 0 Å². The normalized spacial score (nSPS) is 14.7. The maximum atomic E-state index is 12.7. The van der Waals surface area contributed by atoms with Gasteiger partial charge in [0.15, 0.2) is 6.10 Å². The Balaban J connectivity index is 1.48. The molecule has 0 aliphatic carbocycles. The van der Waals surface area contributed by atoms with Crippen molar-refractivity contribution < 1.29 is 32.2 Å². The molecule has 2 N–H and O–H groups in total. The van der Waals surface area contributed by atoms with Crippen LogP contribution in [0.5, 0.6) is 11.6 Å². The summed E-state index contributed by atoms with van der Waals surface area (Å²) in [6.07, 6.45) is -3.94. The van der Waals surface area contributed by atoms with E-state index in [-0.39, 0.29) is 18.0 Å². The minimum Gasteiger partial charge on any atom is -0.464 e. The number of nitrogens with one attached hydrogen (secondary N) is 2. The molecule has 1 atom stereocenters. The number of hydrogen-bond donors (Lipinski definition) is 2. The molecule has 2 aromatic carbocycles. The summed E-state index contributed by atoms with van der Waals surface area (Å²) in [5.74, 6) is -0.829. The van der Waals surface area contributed by atoms with Gasteiger partial charge in [-0.3, -0.25) is 9.59 Å². The monoisotopic (exact) mass is 457 g/mol. The number of aromatic nitrogens is 1. The highest BCUT2D eigenvalue weighted by Crippen LogP contribution is 2.36. The molecule has 1 unspecified atom stereocenters. The predicted octanol–water partition coefficient (Wildman–Crippen LogP) is 4.55. The molecule has 0 fully saturated rings. The fourth-order valence-electron chi connectivity index (χ4n) is 3.48. The number of rotatable bonds is 5. The Morgan fingerprint density at radius 3 is 2.52 bits per heavy atom. The zero-order chi connectivity index (χ0) is 23.6. The first kappa shape index (κ1) is 22.1. The van der Waals surface area contributed by atoms with Gasteiger partial charge in [0.2, 0.25) is 11.8 Å². The Morgan fingerprint density at radius 1 is 1.06 bits per heavy atom. The van der Waals surface area contributed by atoms with E-state index in [1.165, 1.54) is 19.1 Å². The Labute approximate surface area is 186 Å². The Morgan fingerprint density at radius 2 is 1.82 bits per heavy atom. The van der Waals surface area contributed by atoms with Crippen molar-refractivity contribution in [1.82, 2.24) is 4.98 Å². The summed E-state index contributed by atoms with van der Waals surface area (Å²) in [4.78, 5) is 28.1. The molecular formula is C23H18F3N3O4. The first-order chi connectivity index (χ1) is 15.7. The van der Waals surface area contributed by atoms with Crippen LogP contribution in [0.2, 0.25) is 0 Å². The third-order valence-electron chi connectivity index (χ3n) is 4.80. The minimum absolute atomic E-state index is 0.142. The highest BCUT2D eigenvalue weighted by Gasteiger charge is 2.33. The second-order valence-electron chi connectivity index (χ2n) is 7.28. The number of alkyl halides is 3. The Kier molecular flexibility index (Phi) is 5.91. The van der Waals surface area contributed by atoms with Gasteiger partial charge in [0.25, 0.3) is 5.91 Å². The summed E-state index contributed by atoms with van der Waals surface area (Å²) in [7, 11) is 0. The van der Waals surface area contributed by atoms with E-state index in [0.29, 0.717) is 11.6 Å². The number of pyridine rings is 1. The van der Waals surface area contributed by atoms with Gasteiger partial charge >= 0.3 is 6.36 Å². The van der Waals surface area contributed by atoms with E-state index in [1.807, 2.05) is 12.1 Å². The Bertz CT molecular complexity index is 1200. The first-order valence-corrected chi connectivity index (χ1v) is 9.87. The molecular weight excluding hydrogens is 439 g/mol. The van der Waals surface area contributed by atoms with Crippen LogP contribution in [0.25, 0.3) is 11.1 Å². The predicted molar refractivity (Wildman–Crippen MR) is 114 cm³/mol. The zero-order valence-corrected chi connectivity index (χ0v) is 17.3. The standard InChI is InChI=1S/C23H18F3N3O4/c1-13(30)28-15-7-5-14(6-8-15)18-9-10-27-22-19(18)12-20(32-22)21(31)29-16-3-2-4-17(11-16)33-23(24,25)26/h2-11,20H,12H2,1H3,(H,28,30)(H,29,31). The first-order valence-electron chi connectivity index (χ1n) is 9.87. The van der Waals surface area contributed by atoms with Gasteiger partial charge in [0, 0.05) is 42.5 Å². The molecule has 1 aliphatic heterocycles. The lowest BCUT2D eigenvalue weighted by molar-refractivity contribution is -0.274. The van der Waals surface area contributed by atoms with Crippen molar-refractivity contribution in [2.45, 2.75) is 25.8 Å². The highest BCUT2D eigenvalue weighted by molar-refractivity contribution is 5.95. The van der Waals surface area contributed by atoms with Crippen molar-refractivity contribution >= 4 is 23.2 Å². The summed E-state index contributed by atoms with van der Waals surface area (Å²) < 4.78 is 46.9. The van der Waals surface area contributed by atoms with Crippen molar-refractivity contribution in [1.29, 1.82) is 0 Å². The molecule has 1 aliphatic rings. The maximum absolute atomic E-state index is 12.7. The van der Waals surface area contributed by atoms with E-state index in [9.17, 15) is 22.8 Å². The van der Waals surface area contributed by atoms with Gasteiger partial charge in [-0.2, -0.15) is 0 Å². The number of carbonyl (C=O) groups excluding carboxylic acids is 2. The Hall–Kier alpha value is -4.08. The van der Waals surface area contributed by atoms with Crippen LogP contribution in [0.4, 0.5) is 24.5 Å². The third kappa shape index (κ3) is 5.40. The maximum Gasteiger partial charge on any atom is 0.573 e. The number of carbonyl (C=O) groups is 2. The van der Waals surface area contributed by atoms with Gasteiger partial charge in [-0.25, -0.2) is 4.98 Å². The van der Waals surface area contributed by atoms with Crippen LogP contribution in [0.15, 0.2) is 60.8 Å². The van der Waals surface area contributed by atoms with Crippen molar-refractivity contribution in [3.8, 4) is 22.8 Å². The van der Waals surface area contributed by atoms with Gasteiger partial charge in [0.05, 0.1) is 0 Å². The van der Waals surface area contributed by atoms with Crippen LogP contribution in [-0.4, -0.2) is 29.3 Å². The van der Waals surface area contributed by atoms with Crippen molar-refractivity contribution in [3.05, 3.63) is 66.4 Å². The van der Waals surface area contributed by atoms with Gasteiger partial charge in [-0.1, -0.05) is 18.2 Å².